The van der Waals surface area contributed by atoms with Crippen LogP contribution in [0.4, 0.5) is 11.8 Å². The highest BCUT2D eigenvalue weighted by molar-refractivity contribution is 5.42. The molecule has 6 nitrogen and oxygen atoms in total. The molecule has 106 valence electrons. The van der Waals surface area contributed by atoms with Gasteiger partial charge in [0.05, 0.1) is 5.60 Å². The summed E-state index contributed by atoms with van der Waals surface area (Å²) in [4.78, 5) is 12.5. The van der Waals surface area contributed by atoms with Crippen molar-refractivity contribution in [3.63, 3.8) is 0 Å². The molecule has 2 rings (SSSR count). The molecule has 1 aromatic heterocycles. The van der Waals surface area contributed by atoms with Crippen molar-refractivity contribution in [3.8, 4) is 0 Å². The second-order valence-corrected chi connectivity index (χ2v) is 5.30. The summed E-state index contributed by atoms with van der Waals surface area (Å²) in [5.41, 5.74) is -0.684. The molecule has 1 fully saturated rings. The van der Waals surface area contributed by atoms with Gasteiger partial charge in [0, 0.05) is 59.9 Å². The van der Waals surface area contributed by atoms with Crippen LogP contribution in [0.5, 0.6) is 0 Å². The van der Waals surface area contributed by atoms with Crippen LogP contribution in [0, 0.1) is 0 Å². The van der Waals surface area contributed by atoms with E-state index in [2.05, 4.69) is 9.97 Å². The van der Waals surface area contributed by atoms with Crippen LogP contribution < -0.4 is 9.80 Å². The minimum atomic E-state index is -0.684. The van der Waals surface area contributed by atoms with Crippen LogP contribution in [-0.4, -0.2) is 61.6 Å². The molecular weight excluding hydrogens is 244 g/mol. The van der Waals surface area contributed by atoms with Crippen molar-refractivity contribution in [2.24, 2.45) is 0 Å². The number of hydrogen-bond acceptors (Lipinski definition) is 6. The molecule has 0 atom stereocenters. The topological polar surface area (TPSA) is 61.7 Å². The smallest absolute Gasteiger partial charge is 0.226 e. The van der Waals surface area contributed by atoms with Gasteiger partial charge in [0.25, 0.3) is 0 Å². The number of ether oxygens (including phenoxy) is 1. The lowest BCUT2D eigenvalue weighted by molar-refractivity contribution is -0.0573. The quantitative estimate of drug-likeness (QED) is 0.857. The van der Waals surface area contributed by atoms with Crippen molar-refractivity contribution in [1.29, 1.82) is 0 Å². The molecule has 6 heteroatoms. The molecule has 1 aliphatic heterocycles. The second kappa shape index (κ2) is 5.71. The van der Waals surface area contributed by atoms with Crippen LogP contribution in [0.2, 0.25) is 0 Å². The van der Waals surface area contributed by atoms with Crippen molar-refractivity contribution in [1.82, 2.24) is 9.97 Å². The SMILES string of the molecule is CN(C)c1nccc(N(C)CC2(O)CCOCC2)n1. The third-order valence-electron chi connectivity index (χ3n) is 3.37. The monoisotopic (exact) mass is 266 g/mol. The average Bonchev–Trinajstić information content (AvgIpc) is 2.39. The molecule has 0 spiro atoms. The Balaban J connectivity index is 2.06. The zero-order valence-corrected chi connectivity index (χ0v) is 11.8. The van der Waals surface area contributed by atoms with E-state index in [9.17, 15) is 5.11 Å². The van der Waals surface area contributed by atoms with Crippen LogP contribution in [0.15, 0.2) is 12.3 Å². The molecule has 0 saturated carbocycles. The summed E-state index contributed by atoms with van der Waals surface area (Å²) in [6, 6.07) is 1.86. The van der Waals surface area contributed by atoms with E-state index in [4.69, 9.17) is 4.74 Å². The zero-order valence-electron chi connectivity index (χ0n) is 11.8. The van der Waals surface area contributed by atoms with E-state index in [1.807, 2.05) is 37.0 Å². The molecule has 0 radical (unpaired) electrons. The highest BCUT2D eigenvalue weighted by atomic mass is 16.5. The Bertz CT molecular complexity index is 419. The van der Waals surface area contributed by atoms with E-state index in [1.165, 1.54) is 0 Å². The summed E-state index contributed by atoms with van der Waals surface area (Å²) < 4.78 is 5.29. The molecule has 1 N–H and O–H groups in total. The molecule has 0 aromatic carbocycles. The number of rotatable bonds is 4. The molecule has 1 saturated heterocycles. The number of hydrogen-bond donors (Lipinski definition) is 1. The molecule has 0 amide bonds. The van der Waals surface area contributed by atoms with Gasteiger partial charge in [-0.1, -0.05) is 0 Å². The summed E-state index contributed by atoms with van der Waals surface area (Å²) in [6.07, 6.45) is 3.08. The fourth-order valence-electron chi connectivity index (χ4n) is 2.20. The van der Waals surface area contributed by atoms with E-state index in [-0.39, 0.29) is 0 Å². The fourth-order valence-corrected chi connectivity index (χ4v) is 2.20. The second-order valence-electron chi connectivity index (χ2n) is 5.30. The van der Waals surface area contributed by atoms with Crippen molar-refractivity contribution < 1.29 is 9.84 Å². The van der Waals surface area contributed by atoms with Crippen LogP contribution in [0.25, 0.3) is 0 Å². The standard InChI is InChI=1S/C13H22N4O2/c1-16(2)12-14-7-4-11(15-12)17(3)10-13(18)5-8-19-9-6-13/h4,7,18H,5-6,8-10H2,1-3H3. The number of aromatic nitrogens is 2. The number of likely N-dealkylation sites (N-methyl/N-ethyl adjacent to an activating group) is 1. The maximum atomic E-state index is 10.5. The Labute approximate surface area is 114 Å². The highest BCUT2D eigenvalue weighted by Crippen LogP contribution is 2.23. The minimum absolute atomic E-state index is 0.556. The lowest BCUT2D eigenvalue weighted by Gasteiger charge is -2.35. The molecule has 1 aliphatic rings. The number of anilines is 2. The highest BCUT2D eigenvalue weighted by Gasteiger charge is 2.31. The van der Waals surface area contributed by atoms with Crippen LogP contribution in [0.1, 0.15) is 12.8 Å². The van der Waals surface area contributed by atoms with Gasteiger partial charge in [-0.05, 0) is 6.07 Å². The number of nitrogens with zero attached hydrogens (tertiary/aromatic N) is 4. The lowest BCUT2D eigenvalue weighted by Crippen LogP contribution is -2.46. The van der Waals surface area contributed by atoms with Gasteiger partial charge in [0.1, 0.15) is 5.82 Å². The van der Waals surface area contributed by atoms with Gasteiger partial charge in [-0.15, -0.1) is 0 Å². The number of aliphatic hydroxyl groups is 1. The Morgan fingerprint density at radius 1 is 1.32 bits per heavy atom. The van der Waals surface area contributed by atoms with Crippen molar-refractivity contribution in [3.05, 3.63) is 12.3 Å². The van der Waals surface area contributed by atoms with Crippen LogP contribution in [0.3, 0.4) is 0 Å². The normalized spacial score (nSPS) is 18.1. The van der Waals surface area contributed by atoms with E-state index in [0.717, 1.165) is 5.82 Å². The van der Waals surface area contributed by atoms with Gasteiger partial charge < -0.3 is 19.6 Å². The summed E-state index contributed by atoms with van der Waals surface area (Å²) in [5, 5.41) is 10.5. The Morgan fingerprint density at radius 2 is 2.00 bits per heavy atom. The predicted octanol–water partition coefficient (Wildman–Crippen LogP) is 0.520. The van der Waals surface area contributed by atoms with E-state index in [1.54, 1.807) is 6.20 Å². The minimum Gasteiger partial charge on any atom is -0.388 e. The Hall–Kier alpha value is -1.40. The van der Waals surface area contributed by atoms with E-state index >= 15 is 0 Å². The Kier molecular flexibility index (Phi) is 4.21. The van der Waals surface area contributed by atoms with Gasteiger partial charge in [-0.2, -0.15) is 4.98 Å². The molecule has 1 aromatic rings. The summed E-state index contributed by atoms with van der Waals surface area (Å²) in [6.45, 7) is 1.80. The van der Waals surface area contributed by atoms with Crippen molar-refractivity contribution >= 4 is 11.8 Å². The molecule has 0 unspecified atom stereocenters. The van der Waals surface area contributed by atoms with Gasteiger partial charge in [0.2, 0.25) is 5.95 Å². The summed E-state index contributed by atoms with van der Waals surface area (Å²) in [7, 11) is 5.76. The molecule has 19 heavy (non-hydrogen) atoms. The third-order valence-corrected chi connectivity index (χ3v) is 3.37. The molecule has 0 aliphatic carbocycles. The molecular formula is C13H22N4O2. The van der Waals surface area contributed by atoms with E-state index < -0.39 is 5.60 Å². The largest absolute Gasteiger partial charge is 0.388 e. The maximum absolute atomic E-state index is 10.5. The molecule has 0 bridgehead atoms. The van der Waals surface area contributed by atoms with Crippen LogP contribution in [-0.2, 0) is 4.74 Å². The first kappa shape index (κ1) is 14.0. The van der Waals surface area contributed by atoms with Crippen molar-refractivity contribution in [2.45, 2.75) is 18.4 Å². The van der Waals surface area contributed by atoms with Crippen molar-refractivity contribution in [2.75, 3.05) is 50.7 Å². The average molecular weight is 266 g/mol. The van der Waals surface area contributed by atoms with Gasteiger partial charge in [0.15, 0.2) is 0 Å². The van der Waals surface area contributed by atoms with Gasteiger partial charge in [-0.25, -0.2) is 4.98 Å². The van der Waals surface area contributed by atoms with Crippen LogP contribution >= 0.6 is 0 Å². The zero-order chi connectivity index (χ0) is 13.9. The first-order valence-electron chi connectivity index (χ1n) is 6.52. The Morgan fingerprint density at radius 3 is 2.63 bits per heavy atom. The first-order valence-corrected chi connectivity index (χ1v) is 6.52. The molecule has 2 heterocycles. The summed E-state index contributed by atoms with van der Waals surface area (Å²) >= 11 is 0. The first-order chi connectivity index (χ1) is 9.00. The van der Waals surface area contributed by atoms with Gasteiger partial charge >= 0.3 is 0 Å². The maximum Gasteiger partial charge on any atom is 0.226 e. The fraction of sp³-hybridized carbons (Fsp3) is 0.692. The summed E-state index contributed by atoms with van der Waals surface area (Å²) in [5.74, 6) is 1.49. The van der Waals surface area contributed by atoms with Gasteiger partial charge in [-0.3, -0.25) is 0 Å². The lowest BCUT2D eigenvalue weighted by atomic mass is 9.94. The van der Waals surface area contributed by atoms with E-state index in [0.29, 0.717) is 38.5 Å². The predicted molar refractivity (Wildman–Crippen MR) is 74.6 cm³/mol. The third kappa shape index (κ3) is 3.54.